The lowest BCUT2D eigenvalue weighted by atomic mass is 9.92. The first-order chi connectivity index (χ1) is 12.2. The van der Waals surface area contributed by atoms with Crippen LogP contribution >= 0.6 is 0 Å². The van der Waals surface area contributed by atoms with E-state index in [1.54, 1.807) is 16.5 Å². The van der Waals surface area contributed by atoms with Gasteiger partial charge in [0, 0.05) is 43.2 Å². The van der Waals surface area contributed by atoms with Gasteiger partial charge in [-0.05, 0) is 45.3 Å². The normalized spacial score (nSPS) is 19.5. The van der Waals surface area contributed by atoms with Crippen molar-refractivity contribution in [1.82, 2.24) is 14.8 Å². The molecule has 0 saturated carbocycles. The second kappa shape index (κ2) is 6.67. The van der Waals surface area contributed by atoms with Crippen molar-refractivity contribution >= 4 is 11.7 Å². The van der Waals surface area contributed by atoms with E-state index in [2.05, 4.69) is 24.4 Å². The smallest absolute Gasteiger partial charge is 0.410 e. The van der Waals surface area contributed by atoms with Gasteiger partial charge in [-0.1, -0.05) is 12.2 Å². The fourth-order valence-electron chi connectivity index (χ4n) is 3.26. The predicted octanol–water partition coefficient (Wildman–Crippen LogP) is 2.57. The quantitative estimate of drug-likeness (QED) is 0.839. The maximum absolute atomic E-state index is 12.6. The second-order valence-corrected chi connectivity index (χ2v) is 7.98. The maximum atomic E-state index is 12.6. The minimum Gasteiger partial charge on any atom is -0.444 e. The van der Waals surface area contributed by atoms with Gasteiger partial charge in [0.15, 0.2) is 0 Å². The highest BCUT2D eigenvalue weighted by molar-refractivity contribution is 5.78. The number of carbonyl (C=O) groups excluding carboxylic acids is 1. The summed E-state index contributed by atoms with van der Waals surface area (Å²) in [6.45, 7) is 8.52. The lowest BCUT2D eigenvalue weighted by molar-refractivity contribution is 0.0223. The van der Waals surface area contributed by atoms with Crippen LogP contribution in [-0.4, -0.2) is 33.7 Å². The number of allylic oxidation sites excluding steroid dienone is 2. The van der Waals surface area contributed by atoms with Gasteiger partial charge in [-0.3, -0.25) is 4.79 Å². The first-order valence-corrected chi connectivity index (χ1v) is 9.00. The van der Waals surface area contributed by atoms with Gasteiger partial charge in [-0.25, -0.2) is 4.79 Å². The molecule has 1 N–H and O–H groups in total. The van der Waals surface area contributed by atoms with Crippen molar-refractivity contribution in [1.29, 1.82) is 0 Å². The first-order valence-electron chi connectivity index (χ1n) is 9.00. The Kier molecular flexibility index (Phi) is 4.69. The summed E-state index contributed by atoms with van der Waals surface area (Å²) in [5, 5.41) is 3.30. The molecule has 1 amide bonds. The van der Waals surface area contributed by atoms with E-state index >= 15 is 0 Å². The summed E-state index contributed by atoms with van der Waals surface area (Å²) in [5.74, 6) is 0. The van der Waals surface area contributed by atoms with Crippen LogP contribution in [0.1, 0.15) is 44.4 Å². The summed E-state index contributed by atoms with van der Waals surface area (Å²) >= 11 is 0. The highest BCUT2D eigenvalue weighted by atomic mass is 16.6. The van der Waals surface area contributed by atoms with Crippen LogP contribution in [0.2, 0.25) is 0 Å². The predicted molar refractivity (Wildman–Crippen MR) is 102 cm³/mol. The topological polar surface area (TPSA) is 63.6 Å². The van der Waals surface area contributed by atoms with Crippen LogP contribution in [0.4, 0.5) is 4.79 Å². The van der Waals surface area contributed by atoms with Crippen LogP contribution in [0.5, 0.6) is 0 Å². The third-order valence-electron chi connectivity index (χ3n) is 4.60. The molecule has 1 atom stereocenters. The van der Waals surface area contributed by atoms with Gasteiger partial charge in [0.05, 0.1) is 6.54 Å². The molecular formula is C20H27N3O3. The number of nitrogens with one attached hydrogen (secondary N) is 1. The van der Waals surface area contributed by atoms with E-state index in [0.29, 0.717) is 19.5 Å². The van der Waals surface area contributed by atoms with Gasteiger partial charge in [-0.15, -0.1) is 0 Å². The third-order valence-corrected chi connectivity index (χ3v) is 4.60. The number of fused-ring (bicyclic) bond motifs is 1. The zero-order chi connectivity index (χ0) is 19.1. The summed E-state index contributed by atoms with van der Waals surface area (Å²) in [7, 11) is 1.77. The largest absolute Gasteiger partial charge is 0.444 e. The number of ether oxygens (including phenoxy) is 1. The zero-order valence-electron chi connectivity index (χ0n) is 16.1. The Morgan fingerprint density at radius 3 is 2.65 bits per heavy atom. The standard InChI is InChI=1S/C20H27N3O3/c1-13-6-7-14(10-21-13)16-11-22(5)18(24)15-8-9-23(12-17(15)16)19(25)26-20(2,3)4/h6-7,10-11,13,21H,8-9,12H2,1-5H3. The van der Waals surface area contributed by atoms with E-state index in [9.17, 15) is 9.59 Å². The molecule has 2 aliphatic rings. The molecule has 2 aliphatic heterocycles. The number of nitrogens with zero attached hydrogens (tertiary/aromatic N) is 2. The molecule has 0 fully saturated rings. The summed E-state index contributed by atoms with van der Waals surface area (Å²) < 4.78 is 7.14. The zero-order valence-corrected chi connectivity index (χ0v) is 16.1. The Morgan fingerprint density at radius 1 is 1.31 bits per heavy atom. The van der Waals surface area contributed by atoms with E-state index in [0.717, 1.165) is 22.3 Å². The van der Waals surface area contributed by atoms with Crippen molar-refractivity contribution in [3.8, 4) is 0 Å². The van der Waals surface area contributed by atoms with Crippen molar-refractivity contribution in [3.63, 3.8) is 0 Å². The van der Waals surface area contributed by atoms with Crippen LogP contribution in [0.3, 0.4) is 0 Å². The Bertz CT molecular complexity index is 843. The SMILES string of the molecule is CC1C=CC(c2cn(C)c(=O)c3c2CN(C(=O)OC(C)(C)C)CC3)=CN1. The number of carbonyl (C=O) groups is 1. The molecule has 6 nitrogen and oxygen atoms in total. The number of aryl methyl sites for hydroxylation is 1. The Balaban J connectivity index is 1.98. The average molecular weight is 357 g/mol. The summed E-state index contributed by atoms with van der Waals surface area (Å²) in [6.07, 6.45) is 8.17. The van der Waals surface area contributed by atoms with Gasteiger partial charge in [-0.2, -0.15) is 0 Å². The van der Waals surface area contributed by atoms with E-state index in [4.69, 9.17) is 4.74 Å². The number of amides is 1. The maximum Gasteiger partial charge on any atom is 0.410 e. The van der Waals surface area contributed by atoms with Crippen LogP contribution in [0.15, 0.2) is 29.3 Å². The summed E-state index contributed by atoms with van der Waals surface area (Å²) in [5.41, 5.74) is 3.17. The molecule has 0 spiro atoms. The minimum atomic E-state index is -0.540. The van der Waals surface area contributed by atoms with Gasteiger partial charge in [0.1, 0.15) is 5.60 Å². The summed E-state index contributed by atoms with van der Waals surface area (Å²) in [6, 6.07) is 0.278. The van der Waals surface area contributed by atoms with Crippen molar-refractivity contribution in [2.24, 2.45) is 7.05 Å². The molecule has 3 rings (SSSR count). The third kappa shape index (κ3) is 3.69. The Hall–Kier alpha value is -2.50. The van der Waals surface area contributed by atoms with E-state index < -0.39 is 5.60 Å². The molecule has 0 aliphatic carbocycles. The molecule has 1 aromatic heterocycles. The summed E-state index contributed by atoms with van der Waals surface area (Å²) in [4.78, 5) is 26.7. The Morgan fingerprint density at radius 2 is 2.04 bits per heavy atom. The number of pyridine rings is 1. The second-order valence-electron chi connectivity index (χ2n) is 7.98. The molecule has 140 valence electrons. The van der Waals surface area contributed by atoms with Crippen molar-refractivity contribution < 1.29 is 9.53 Å². The first kappa shape index (κ1) is 18.3. The highest BCUT2D eigenvalue weighted by Gasteiger charge is 2.29. The minimum absolute atomic E-state index is 0.00862. The van der Waals surface area contributed by atoms with Crippen LogP contribution in [-0.2, 0) is 24.8 Å². The average Bonchev–Trinajstić information content (AvgIpc) is 2.57. The lowest BCUT2D eigenvalue weighted by Crippen LogP contribution is -2.42. The molecule has 26 heavy (non-hydrogen) atoms. The van der Waals surface area contributed by atoms with E-state index in [1.165, 1.54) is 0 Å². The number of rotatable bonds is 1. The monoisotopic (exact) mass is 357 g/mol. The molecule has 0 aromatic carbocycles. The van der Waals surface area contributed by atoms with Gasteiger partial charge >= 0.3 is 6.09 Å². The molecule has 0 radical (unpaired) electrons. The van der Waals surface area contributed by atoms with E-state index in [-0.39, 0.29) is 17.7 Å². The highest BCUT2D eigenvalue weighted by Crippen LogP contribution is 2.28. The van der Waals surface area contributed by atoms with Gasteiger partial charge in [0.2, 0.25) is 0 Å². The number of dihydropyridines is 1. The van der Waals surface area contributed by atoms with Crippen molar-refractivity contribution in [2.45, 2.75) is 52.3 Å². The van der Waals surface area contributed by atoms with Gasteiger partial charge < -0.3 is 19.5 Å². The molecule has 3 heterocycles. The molecule has 1 unspecified atom stereocenters. The van der Waals surface area contributed by atoms with Crippen molar-refractivity contribution in [2.75, 3.05) is 6.54 Å². The molecular weight excluding hydrogens is 330 g/mol. The number of hydrogen-bond acceptors (Lipinski definition) is 4. The molecule has 1 aromatic rings. The van der Waals surface area contributed by atoms with Gasteiger partial charge in [0.25, 0.3) is 5.56 Å². The molecule has 6 heteroatoms. The fraction of sp³-hybridized carbons (Fsp3) is 0.500. The number of hydrogen-bond donors (Lipinski definition) is 1. The Labute approximate surface area is 154 Å². The van der Waals surface area contributed by atoms with Crippen LogP contribution in [0, 0.1) is 0 Å². The van der Waals surface area contributed by atoms with Crippen LogP contribution in [0.25, 0.3) is 5.57 Å². The lowest BCUT2D eigenvalue weighted by Gasteiger charge is -2.32. The molecule has 0 saturated heterocycles. The fourth-order valence-corrected chi connectivity index (χ4v) is 3.26. The number of aromatic nitrogens is 1. The van der Waals surface area contributed by atoms with Crippen molar-refractivity contribution in [3.05, 3.63) is 51.6 Å². The molecule has 0 bridgehead atoms. The van der Waals surface area contributed by atoms with E-state index in [1.807, 2.05) is 33.2 Å². The van der Waals surface area contributed by atoms with Crippen LogP contribution < -0.4 is 10.9 Å².